The van der Waals surface area contributed by atoms with E-state index in [1.807, 2.05) is 40.6 Å². The van der Waals surface area contributed by atoms with Crippen LogP contribution in [0, 0.1) is 0 Å². The molecule has 5 heterocycles. The SMILES string of the molecule is CC(NC(=O)c1ncc(-c2c[nH]c3ncc(N4CCOCC4)cc23)cn1)c1ccn(I)c1. The summed E-state index contributed by atoms with van der Waals surface area (Å²) in [6, 6.07) is 3.96. The molecule has 1 fully saturated rings. The molecule has 0 aliphatic carbocycles. The zero-order chi connectivity index (χ0) is 22.1. The summed E-state index contributed by atoms with van der Waals surface area (Å²) in [6.07, 6.45) is 11.0. The van der Waals surface area contributed by atoms with Crippen LogP contribution in [0.2, 0.25) is 0 Å². The second-order valence-corrected chi connectivity index (χ2v) is 8.79. The Morgan fingerprint density at radius 2 is 2.00 bits per heavy atom. The van der Waals surface area contributed by atoms with Crippen LogP contribution in [0.15, 0.2) is 49.3 Å². The lowest BCUT2D eigenvalue weighted by atomic mass is 10.1. The highest BCUT2D eigenvalue weighted by molar-refractivity contribution is 14.1. The van der Waals surface area contributed by atoms with E-state index in [0.29, 0.717) is 0 Å². The summed E-state index contributed by atoms with van der Waals surface area (Å²) >= 11 is 2.17. The predicted octanol–water partition coefficient (Wildman–Crippen LogP) is 3.35. The second kappa shape index (κ2) is 8.87. The van der Waals surface area contributed by atoms with Gasteiger partial charge < -0.3 is 19.9 Å². The normalized spacial score (nSPS) is 15.1. The van der Waals surface area contributed by atoms with Gasteiger partial charge in [0.25, 0.3) is 5.91 Å². The number of anilines is 1. The quantitative estimate of drug-likeness (QED) is 0.375. The van der Waals surface area contributed by atoms with Crippen LogP contribution in [0.25, 0.3) is 22.2 Å². The molecule has 4 aromatic rings. The lowest BCUT2D eigenvalue weighted by molar-refractivity contribution is 0.0929. The van der Waals surface area contributed by atoms with E-state index < -0.39 is 0 Å². The zero-order valence-electron chi connectivity index (χ0n) is 17.5. The van der Waals surface area contributed by atoms with E-state index in [0.717, 1.165) is 59.7 Å². The molecule has 1 atom stereocenters. The average Bonchev–Trinajstić information content (AvgIpc) is 3.45. The number of rotatable bonds is 5. The number of amides is 1. The standard InChI is InChI=1S/C22H22IN7O2/c1-14(15-2-3-30(23)13-15)28-22(31)21-24-9-16(10-25-21)19-12-27-20-18(19)8-17(11-26-20)29-4-6-32-7-5-29/h2-3,8-14H,4-7H2,1H3,(H,26,27)(H,28,31). The molecule has 32 heavy (non-hydrogen) atoms. The van der Waals surface area contributed by atoms with Crippen molar-refractivity contribution in [3.05, 3.63) is 60.7 Å². The third-order valence-corrected chi connectivity index (χ3v) is 6.19. The number of morpholine rings is 1. The number of hydrogen-bond acceptors (Lipinski definition) is 6. The first-order chi connectivity index (χ1) is 15.6. The highest BCUT2D eigenvalue weighted by Gasteiger charge is 2.17. The molecular weight excluding hydrogens is 521 g/mol. The Labute approximate surface area is 198 Å². The topological polar surface area (TPSA) is 101 Å². The molecule has 1 saturated heterocycles. The van der Waals surface area contributed by atoms with Crippen LogP contribution < -0.4 is 10.2 Å². The maximum atomic E-state index is 12.6. The summed E-state index contributed by atoms with van der Waals surface area (Å²) in [5, 5.41) is 3.93. The number of carbonyl (C=O) groups excluding carboxylic acids is 1. The number of pyridine rings is 1. The number of nitrogens with one attached hydrogen (secondary N) is 2. The highest BCUT2D eigenvalue weighted by atomic mass is 127. The first-order valence-electron chi connectivity index (χ1n) is 10.4. The molecule has 5 rings (SSSR count). The molecule has 0 spiro atoms. The van der Waals surface area contributed by atoms with Gasteiger partial charge in [-0.15, -0.1) is 0 Å². The van der Waals surface area contributed by atoms with Crippen LogP contribution in [-0.2, 0) is 4.74 Å². The number of carbonyl (C=O) groups is 1. The number of hydrogen-bond donors (Lipinski definition) is 2. The smallest absolute Gasteiger partial charge is 0.289 e. The summed E-state index contributed by atoms with van der Waals surface area (Å²) in [7, 11) is 0. The molecule has 0 aromatic carbocycles. The van der Waals surface area contributed by atoms with Crippen molar-refractivity contribution in [2.24, 2.45) is 0 Å². The number of aromatic nitrogens is 5. The van der Waals surface area contributed by atoms with Crippen molar-refractivity contribution in [3.8, 4) is 11.1 Å². The van der Waals surface area contributed by atoms with Crippen molar-refractivity contribution >= 4 is 45.5 Å². The van der Waals surface area contributed by atoms with Crippen LogP contribution in [0.4, 0.5) is 5.69 Å². The maximum absolute atomic E-state index is 12.6. The summed E-state index contributed by atoms with van der Waals surface area (Å²) in [6.45, 7) is 5.07. The number of aromatic amines is 1. The minimum Gasteiger partial charge on any atom is -0.378 e. The zero-order valence-corrected chi connectivity index (χ0v) is 19.6. The Morgan fingerprint density at radius 1 is 1.22 bits per heavy atom. The molecule has 1 aliphatic heterocycles. The lowest BCUT2D eigenvalue weighted by Gasteiger charge is -2.28. The molecule has 4 aromatic heterocycles. The fourth-order valence-electron chi connectivity index (χ4n) is 3.80. The largest absolute Gasteiger partial charge is 0.378 e. The van der Waals surface area contributed by atoms with Crippen LogP contribution in [0.3, 0.4) is 0 Å². The van der Waals surface area contributed by atoms with E-state index >= 15 is 0 Å². The van der Waals surface area contributed by atoms with Gasteiger partial charge in [0, 0.05) is 60.6 Å². The van der Waals surface area contributed by atoms with Crippen LogP contribution >= 0.6 is 22.9 Å². The molecule has 9 nitrogen and oxygen atoms in total. The van der Waals surface area contributed by atoms with Crippen molar-refractivity contribution in [3.63, 3.8) is 0 Å². The molecule has 1 aliphatic rings. The molecule has 1 amide bonds. The number of nitrogens with zero attached hydrogens (tertiary/aromatic N) is 5. The van der Waals surface area contributed by atoms with Gasteiger partial charge in [-0.25, -0.2) is 15.0 Å². The molecule has 164 valence electrons. The fourth-order valence-corrected chi connectivity index (χ4v) is 4.28. The van der Waals surface area contributed by atoms with Gasteiger partial charge in [-0.05, 0) is 24.6 Å². The monoisotopic (exact) mass is 543 g/mol. The summed E-state index contributed by atoms with van der Waals surface area (Å²) in [4.78, 5) is 31.3. The third-order valence-electron chi connectivity index (χ3n) is 5.59. The maximum Gasteiger partial charge on any atom is 0.289 e. The van der Waals surface area contributed by atoms with E-state index in [9.17, 15) is 4.79 Å². The van der Waals surface area contributed by atoms with E-state index in [2.05, 4.69) is 59.1 Å². The molecule has 0 saturated carbocycles. The first kappa shape index (κ1) is 20.9. The van der Waals surface area contributed by atoms with Crippen LogP contribution in [-0.4, -0.2) is 54.9 Å². The van der Waals surface area contributed by atoms with Gasteiger partial charge >= 0.3 is 0 Å². The fraction of sp³-hybridized carbons (Fsp3) is 0.273. The van der Waals surface area contributed by atoms with Gasteiger partial charge in [0.15, 0.2) is 0 Å². The summed E-state index contributed by atoms with van der Waals surface area (Å²) in [5.41, 5.74) is 4.66. The van der Waals surface area contributed by atoms with Crippen LogP contribution in [0.5, 0.6) is 0 Å². The van der Waals surface area contributed by atoms with Gasteiger partial charge in [-0.3, -0.25) is 7.58 Å². The van der Waals surface area contributed by atoms with E-state index in [4.69, 9.17) is 4.74 Å². The summed E-state index contributed by atoms with van der Waals surface area (Å²) in [5.74, 6) is -0.165. The van der Waals surface area contributed by atoms with E-state index in [-0.39, 0.29) is 17.8 Å². The number of halogens is 1. The number of H-pyrrole nitrogens is 1. The molecular formula is C22H22IN7O2. The van der Waals surface area contributed by atoms with Crippen molar-refractivity contribution in [1.29, 1.82) is 0 Å². The Hall–Kier alpha value is -2.99. The minimum absolute atomic E-state index is 0.139. The number of fused-ring (bicyclic) bond motifs is 1. The minimum atomic E-state index is -0.305. The van der Waals surface area contributed by atoms with Gasteiger partial charge in [0.05, 0.1) is 54.0 Å². The Balaban J connectivity index is 1.35. The third kappa shape index (κ3) is 4.19. The van der Waals surface area contributed by atoms with Gasteiger partial charge in [0.1, 0.15) is 5.65 Å². The average molecular weight is 543 g/mol. The van der Waals surface area contributed by atoms with Crippen molar-refractivity contribution in [1.82, 2.24) is 28.0 Å². The first-order valence-corrected chi connectivity index (χ1v) is 11.3. The molecule has 2 N–H and O–H groups in total. The van der Waals surface area contributed by atoms with Crippen molar-refractivity contribution in [2.75, 3.05) is 31.2 Å². The van der Waals surface area contributed by atoms with Gasteiger partial charge in [-0.2, -0.15) is 0 Å². The predicted molar refractivity (Wildman–Crippen MR) is 130 cm³/mol. The second-order valence-electron chi connectivity index (χ2n) is 7.67. The van der Waals surface area contributed by atoms with E-state index in [1.165, 1.54) is 0 Å². The Bertz CT molecular complexity index is 1240. The molecule has 0 bridgehead atoms. The van der Waals surface area contributed by atoms with Crippen molar-refractivity contribution in [2.45, 2.75) is 13.0 Å². The summed E-state index contributed by atoms with van der Waals surface area (Å²) < 4.78 is 7.37. The lowest BCUT2D eigenvalue weighted by Crippen LogP contribution is -2.36. The Morgan fingerprint density at radius 3 is 2.72 bits per heavy atom. The molecule has 1 unspecified atom stereocenters. The van der Waals surface area contributed by atoms with Gasteiger partial charge in [-0.1, -0.05) is 0 Å². The van der Waals surface area contributed by atoms with Gasteiger partial charge in [0.2, 0.25) is 5.82 Å². The van der Waals surface area contributed by atoms with Crippen molar-refractivity contribution < 1.29 is 9.53 Å². The van der Waals surface area contributed by atoms with E-state index in [1.54, 1.807) is 12.4 Å². The molecule has 10 heteroatoms. The highest BCUT2D eigenvalue weighted by Crippen LogP contribution is 2.30. The van der Waals surface area contributed by atoms with Crippen LogP contribution in [0.1, 0.15) is 29.1 Å². The number of ether oxygens (including phenoxy) is 1. The molecule has 0 radical (unpaired) electrons. The Kier molecular flexibility index (Phi) is 5.79.